The minimum atomic E-state index is 0.781. The topological polar surface area (TPSA) is 34.1 Å². The molecule has 2 aromatic carbocycles. The molecule has 0 saturated heterocycles. The molecule has 102 valence electrons. The zero-order valence-electron chi connectivity index (χ0n) is 11.5. The van der Waals surface area contributed by atoms with Gasteiger partial charge in [0.2, 0.25) is 0 Å². The number of nitrogens with one attached hydrogen (secondary N) is 1. The molecule has 0 unspecified atom stereocenters. The van der Waals surface area contributed by atoms with Gasteiger partial charge in [-0.15, -0.1) is 11.3 Å². The van der Waals surface area contributed by atoms with E-state index >= 15 is 0 Å². The molecule has 0 aliphatic heterocycles. The molecule has 20 heavy (non-hydrogen) atoms. The van der Waals surface area contributed by atoms with Crippen molar-refractivity contribution in [2.45, 2.75) is 6.54 Å². The van der Waals surface area contributed by atoms with Crippen molar-refractivity contribution in [2.75, 3.05) is 14.2 Å². The maximum Gasteiger partial charge on any atom is 0.129 e. The molecule has 1 aromatic heterocycles. The first-order valence-electron chi connectivity index (χ1n) is 6.48. The van der Waals surface area contributed by atoms with Gasteiger partial charge in [-0.2, -0.15) is 0 Å². The monoisotopic (exact) mass is 284 g/mol. The Labute approximate surface area is 122 Å². The third kappa shape index (κ3) is 2.28. The van der Waals surface area contributed by atoms with Crippen molar-refractivity contribution in [2.24, 2.45) is 0 Å². The highest BCUT2D eigenvalue weighted by atomic mass is 32.1. The SMILES string of the molecule is CNCc1csc(-c2c(OC)ccc3ccccc23)n1. The fraction of sp³-hybridized carbons (Fsp3) is 0.188. The summed E-state index contributed by atoms with van der Waals surface area (Å²) in [4.78, 5) is 4.70. The molecule has 0 bridgehead atoms. The summed E-state index contributed by atoms with van der Waals surface area (Å²) in [6.45, 7) is 0.781. The highest BCUT2D eigenvalue weighted by Gasteiger charge is 2.14. The van der Waals surface area contributed by atoms with Gasteiger partial charge in [-0.25, -0.2) is 4.98 Å². The standard InChI is InChI=1S/C16H16N2OS/c1-17-9-12-10-20-16(18-12)15-13-6-4-3-5-11(13)7-8-14(15)19-2/h3-8,10,17H,9H2,1-2H3. The van der Waals surface area contributed by atoms with Gasteiger partial charge in [-0.1, -0.05) is 30.3 Å². The fourth-order valence-electron chi connectivity index (χ4n) is 2.33. The van der Waals surface area contributed by atoms with Crippen molar-refractivity contribution in [3.05, 3.63) is 47.5 Å². The highest BCUT2D eigenvalue weighted by molar-refractivity contribution is 7.13. The van der Waals surface area contributed by atoms with Crippen molar-refractivity contribution in [1.82, 2.24) is 10.3 Å². The van der Waals surface area contributed by atoms with E-state index in [2.05, 4.69) is 28.9 Å². The molecule has 0 aliphatic carbocycles. The molecule has 0 fully saturated rings. The van der Waals surface area contributed by atoms with Crippen LogP contribution in [0.15, 0.2) is 41.8 Å². The largest absolute Gasteiger partial charge is 0.496 e. The summed E-state index contributed by atoms with van der Waals surface area (Å²) >= 11 is 1.66. The predicted octanol–water partition coefficient (Wildman–Crippen LogP) is 3.69. The molecule has 0 amide bonds. The lowest BCUT2D eigenvalue weighted by molar-refractivity contribution is 0.417. The minimum Gasteiger partial charge on any atom is -0.496 e. The Hall–Kier alpha value is -1.91. The summed E-state index contributed by atoms with van der Waals surface area (Å²) in [6, 6.07) is 12.4. The summed E-state index contributed by atoms with van der Waals surface area (Å²) in [7, 11) is 3.63. The molecule has 3 nitrogen and oxygen atoms in total. The molecule has 4 heteroatoms. The Bertz CT molecular complexity index is 736. The number of methoxy groups -OCH3 is 1. The second-order valence-corrected chi connectivity index (χ2v) is 5.40. The number of ether oxygens (including phenoxy) is 1. The van der Waals surface area contributed by atoms with Crippen molar-refractivity contribution in [3.63, 3.8) is 0 Å². The van der Waals surface area contributed by atoms with Gasteiger partial charge in [0.15, 0.2) is 0 Å². The van der Waals surface area contributed by atoms with E-state index < -0.39 is 0 Å². The lowest BCUT2D eigenvalue weighted by Gasteiger charge is -2.09. The summed E-state index contributed by atoms with van der Waals surface area (Å²) in [6.07, 6.45) is 0. The maximum absolute atomic E-state index is 5.53. The van der Waals surface area contributed by atoms with Crippen LogP contribution in [-0.4, -0.2) is 19.1 Å². The van der Waals surface area contributed by atoms with Crippen molar-refractivity contribution in [1.29, 1.82) is 0 Å². The van der Waals surface area contributed by atoms with Gasteiger partial charge in [0.25, 0.3) is 0 Å². The van der Waals surface area contributed by atoms with E-state index in [-0.39, 0.29) is 0 Å². The highest BCUT2D eigenvalue weighted by Crippen LogP contribution is 2.38. The van der Waals surface area contributed by atoms with Gasteiger partial charge < -0.3 is 10.1 Å². The average Bonchev–Trinajstić information content (AvgIpc) is 2.94. The fourth-order valence-corrected chi connectivity index (χ4v) is 3.21. The Kier molecular flexibility index (Phi) is 3.67. The van der Waals surface area contributed by atoms with Crippen molar-refractivity contribution < 1.29 is 4.74 Å². The number of hydrogen-bond acceptors (Lipinski definition) is 4. The summed E-state index contributed by atoms with van der Waals surface area (Å²) in [5.41, 5.74) is 2.14. The van der Waals surface area contributed by atoms with E-state index in [9.17, 15) is 0 Å². The zero-order chi connectivity index (χ0) is 13.9. The Balaban J connectivity index is 2.21. The number of thiazole rings is 1. The molecular weight excluding hydrogens is 268 g/mol. The van der Waals surface area contributed by atoms with Gasteiger partial charge in [0.05, 0.1) is 18.4 Å². The molecular formula is C16H16N2OS. The van der Waals surface area contributed by atoms with Crippen LogP contribution in [0, 0.1) is 0 Å². The van der Waals surface area contributed by atoms with Gasteiger partial charge in [-0.05, 0) is 23.9 Å². The lowest BCUT2D eigenvalue weighted by atomic mass is 10.0. The van der Waals surface area contributed by atoms with Crippen molar-refractivity contribution in [3.8, 4) is 16.3 Å². The van der Waals surface area contributed by atoms with Crippen LogP contribution in [0.25, 0.3) is 21.3 Å². The first-order valence-corrected chi connectivity index (χ1v) is 7.36. The number of hydrogen-bond donors (Lipinski definition) is 1. The van der Waals surface area contributed by atoms with Crippen LogP contribution in [-0.2, 0) is 6.54 Å². The number of aromatic nitrogens is 1. The molecule has 0 spiro atoms. The van der Waals surface area contributed by atoms with Crippen LogP contribution < -0.4 is 10.1 Å². The molecule has 0 atom stereocenters. The first-order chi connectivity index (χ1) is 9.83. The van der Waals surface area contributed by atoms with Crippen LogP contribution in [0.2, 0.25) is 0 Å². The Morgan fingerprint density at radius 3 is 2.85 bits per heavy atom. The van der Waals surface area contributed by atoms with Gasteiger partial charge in [-0.3, -0.25) is 0 Å². The van der Waals surface area contributed by atoms with E-state index in [1.807, 2.05) is 25.2 Å². The summed E-state index contributed by atoms with van der Waals surface area (Å²) < 4.78 is 5.53. The van der Waals surface area contributed by atoms with Crippen LogP contribution in [0.1, 0.15) is 5.69 Å². The van der Waals surface area contributed by atoms with E-state index in [0.29, 0.717) is 0 Å². The minimum absolute atomic E-state index is 0.781. The average molecular weight is 284 g/mol. The molecule has 3 rings (SSSR count). The van der Waals surface area contributed by atoms with Crippen LogP contribution in [0.3, 0.4) is 0 Å². The Morgan fingerprint density at radius 1 is 1.20 bits per heavy atom. The number of nitrogens with zero attached hydrogens (tertiary/aromatic N) is 1. The van der Waals surface area contributed by atoms with Crippen LogP contribution in [0.5, 0.6) is 5.75 Å². The van der Waals surface area contributed by atoms with Crippen molar-refractivity contribution >= 4 is 22.1 Å². The zero-order valence-corrected chi connectivity index (χ0v) is 12.3. The predicted molar refractivity (Wildman–Crippen MR) is 84.4 cm³/mol. The second kappa shape index (κ2) is 5.61. The first kappa shape index (κ1) is 13.1. The second-order valence-electron chi connectivity index (χ2n) is 4.54. The third-order valence-electron chi connectivity index (χ3n) is 3.23. The lowest BCUT2D eigenvalue weighted by Crippen LogP contribution is -2.04. The third-order valence-corrected chi connectivity index (χ3v) is 4.14. The van der Waals surface area contributed by atoms with E-state index in [4.69, 9.17) is 9.72 Å². The normalized spacial score (nSPS) is 10.9. The van der Waals surface area contributed by atoms with Gasteiger partial charge in [0.1, 0.15) is 10.8 Å². The molecule has 1 N–H and O–H groups in total. The number of benzene rings is 2. The van der Waals surface area contributed by atoms with Gasteiger partial charge >= 0.3 is 0 Å². The van der Waals surface area contributed by atoms with Crippen LogP contribution >= 0.6 is 11.3 Å². The van der Waals surface area contributed by atoms with E-state index in [1.54, 1.807) is 18.4 Å². The number of rotatable bonds is 4. The maximum atomic E-state index is 5.53. The van der Waals surface area contributed by atoms with Gasteiger partial charge in [0, 0.05) is 11.9 Å². The smallest absolute Gasteiger partial charge is 0.129 e. The summed E-state index contributed by atoms with van der Waals surface area (Å²) in [5, 5.41) is 8.60. The molecule has 3 aromatic rings. The summed E-state index contributed by atoms with van der Waals surface area (Å²) in [5.74, 6) is 0.869. The molecule has 0 radical (unpaired) electrons. The number of fused-ring (bicyclic) bond motifs is 1. The molecule has 0 saturated carbocycles. The van der Waals surface area contributed by atoms with Crippen LogP contribution in [0.4, 0.5) is 0 Å². The Morgan fingerprint density at radius 2 is 2.05 bits per heavy atom. The quantitative estimate of drug-likeness (QED) is 0.793. The molecule has 1 heterocycles. The van der Waals surface area contributed by atoms with E-state index in [0.717, 1.165) is 28.6 Å². The van der Waals surface area contributed by atoms with E-state index in [1.165, 1.54) is 10.8 Å². The molecule has 0 aliphatic rings.